The van der Waals surface area contributed by atoms with E-state index in [2.05, 4.69) is 63.2 Å². The Morgan fingerprint density at radius 1 is 0.700 bits per heavy atom. The van der Waals surface area contributed by atoms with Gasteiger partial charge in [0.2, 0.25) is 0 Å². The van der Waals surface area contributed by atoms with Crippen LogP contribution < -0.4 is 9.47 Å². The Bertz CT molecular complexity index is 894. The van der Waals surface area contributed by atoms with Crippen molar-refractivity contribution in [2.24, 2.45) is 0 Å². The third-order valence-corrected chi connectivity index (χ3v) is 5.73. The Balaban J connectivity index is 2.08. The van der Waals surface area contributed by atoms with E-state index in [4.69, 9.17) is 19.7 Å². The molecule has 0 aliphatic rings. The molecule has 0 unspecified atom stereocenters. The summed E-state index contributed by atoms with van der Waals surface area (Å²) in [6.07, 6.45) is 0. The summed E-state index contributed by atoms with van der Waals surface area (Å²) in [6, 6.07) is 22.6. The molecule has 0 fully saturated rings. The molecule has 0 aliphatic carbocycles. The van der Waals surface area contributed by atoms with Gasteiger partial charge in [-0.2, -0.15) is 0 Å². The van der Waals surface area contributed by atoms with E-state index in [-0.39, 0.29) is 31.8 Å². The second-order valence-corrected chi connectivity index (χ2v) is 7.57. The lowest BCUT2D eigenvalue weighted by molar-refractivity contribution is 0.201. The molecule has 0 amide bonds. The monoisotopic (exact) mass is 406 g/mol. The highest BCUT2D eigenvalue weighted by Gasteiger charge is 2.33. The third-order valence-electron chi connectivity index (χ3n) is 5.73. The second kappa shape index (κ2) is 9.79. The van der Waals surface area contributed by atoms with Gasteiger partial charge in [-0.15, -0.1) is 0 Å². The molecule has 0 bridgehead atoms. The number of rotatable bonds is 9. The van der Waals surface area contributed by atoms with Crippen LogP contribution in [-0.2, 0) is 5.41 Å². The zero-order valence-electron chi connectivity index (χ0n) is 17.9. The molecule has 0 aromatic heterocycles. The van der Waals surface area contributed by atoms with Gasteiger partial charge in [-0.1, -0.05) is 42.5 Å². The SMILES string of the molecule is Cc1cccc(C(C)(c2ccc(OCCO)cc2)c2ccc(OCCO)cc2)c1C. The van der Waals surface area contributed by atoms with Crippen LogP contribution in [0.3, 0.4) is 0 Å². The first-order valence-corrected chi connectivity index (χ1v) is 10.3. The van der Waals surface area contributed by atoms with Gasteiger partial charge in [-0.3, -0.25) is 0 Å². The standard InChI is InChI=1S/C26H30O4/c1-19-5-4-6-25(20(19)2)26(3,21-7-11-23(12-8-21)29-17-15-27)22-9-13-24(14-10-22)30-18-16-28/h4-14,27-28H,15-18H2,1-3H3. The van der Waals surface area contributed by atoms with Gasteiger partial charge >= 0.3 is 0 Å². The minimum Gasteiger partial charge on any atom is -0.491 e. The fourth-order valence-corrected chi connectivity index (χ4v) is 3.87. The molecule has 0 radical (unpaired) electrons. The summed E-state index contributed by atoms with van der Waals surface area (Å²) in [6.45, 7) is 7.09. The average molecular weight is 407 g/mol. The van der Waals surface area contributed by atoms with Crippen LogP contribution in [-0.4, -0.2) is 36.6 Å². The Kier molecular flexibility index (Phi) is 7.14. The topological polar surface area (TPSA) is 58.9 Å². The number of ether oxygens (including phenoxy) is 2. The summed E-state index contributed by atoms with van der Waals surface area (Å²) < 4.78 is 11.1. The van der Waals surface area contributed by atoms with Gasteiger partial charge in [0, 0.05) is 5.41 Å². The summed E-state index contributed by atoms with van der Waals surface area (Å²) in [5.74, 6) is 1.48. The first-order chi connectivity index (χ1) is 14.5. The molecule has 0 atom stereocenters. The van der Waals surface area contributed by atoms with Crippen LogP contribution in [0.5, 0.6) is 11.5 Å². The Labute approximate surface area is 178 Å². The molecule has 2 N–H and O–H groups in total. The Hall–Kier alpha value is -2.82. The summed E-state index contributed by atoms with van der Waals surface area (Å²) in [5, 5.41) is 18.0. The second-order valence-electron chi connectivity index (χ2n) is 7.57. The van der Waals surface area contributed by atoms with Crippen LogP contribution in [0.2, 0.25) is 0 Å². The van der Waals surface area contributed by atoms with Crippen LogP contribution in [0, 0.1) is 13.8 Å². The maximum absolute atomic E-state index is 8.99. The predicted molar refractivity (Wildman–Crippen MR) is 120 cm³/mol. The van der Waals surface area contributed by atoms with Crippen LogP contribution in [0.25, 0.3) is 0 Å². The van der Waals surface area contributed by atoms with Gasteiger partial charge in [0.25, 0.3) is 0 Å². The van der Waals surface area contributed by atoms with Crippen LogP contribution in [0.1, 0.15) is 34.7 Å². The van der Waals surface area contributed by atoms with Gasteiger partial charge in [0.15, 0.2) is 0 Å². The first-order valence-electron chi connectivity index (χ1n) is 10.3. The Morgan fingerprint density at radius 3 is 1.60 bits per heavy atom. The molecule has 0 saturated heterocycles. The molecule has 3 rings (SSSR count). The van der Waals surface area contributed by atoms with E-state index in [0.29, 0.717) is 0 Å². The van der Waals surface area contributed by atoms with E-state index < -0.39 is 0 Å². The summed E-state index contributed by atoms with van der Waals surface area (Å²) in [7, 11) is 0. The quantitative estimate of drug-likeness (QED) is 0.517. The van der Waals surface area contributed by atoms with Crippen LogP contribution in [0.4, 0.5) is 0 Å². The van der Waals surface area contributed by atoms with E-state index in [0.717, 1.165) is 22.6 Å². The molecule has 4 nitrogen and oxygen atoms in total. The highest BCUT2D eigenvalue weighted by Crippen LogP contribution is 2.41. The van der Waals surface area contributed by atoms with E-state index in [1.165, 1.54) is 16.7 Å². The largest absolute Gasteiger partial charge is 0.491 e. The predicted octanol–water partition coefficient (Wildman–Crippen LogP) is 4.40. The molecule has 0 saturated carbocycles. The number of hydrogen-bond acceptors (Lipinski definition) is 4. The third kappa shape index (κ3) is 4.50. The average Bonchev–Trinajstić information content (AvgIpc) is 2.78. The fraction of sp³-hybridized carbons (Fsp3) is 0.308. The van der Waals surface area contributed by atoms with Gasteiger partial charge in [-0.05, 0) is 72.9 Å². The van der Waals surface area contributed by atoms with Crippen molar-refractivity contribution in [3.63, 3.8) is 0 Å². The molecule has 158 valence electrons. The highest BCUT2D eigenvalue weighted by molar-refractivity contribution is 5.54. The van der Waals surface area contributed by atoms with E-state index in [1.54, 1.807) is 0 Å². The van der Waals surface area contributed by atoms with Crippen LogP contribution in [0.15, 0.2) is 66.7 Å². The van der Waals surface area contributed by atoms with Crippen molar-refractivity contribution in [2.75, 3.05) is 26.4 Å². The van der Waals surface area contributed by atoms with Gasteiger partial charge in [-0.25, -0.2) is 0 Å². The molecular formula is C26H30O4. The molecule has 4 heteroatoms. The van der Waals surface area contributed by atoms with Crippen LogP contribution >= 0.6 is 0 Å². The first kappa shape index (κ1) is 21.9. The number of hydrogen-bond donors (Lipinski definition) is 2. The molecule has 0 aliphatic heterocycles. The lowest BCUT2D eigenvalue weighted by atomic mass is 9.69. The number of benzene rings is 3. The van der Waals surface area contributed by atoms with Crippen molar-refractivity contribution in [3.05, 3.63) is 94.5 Å². The normalized spacial score (nSPS) is 11.4. The zero-order valence-corrected chi connectivity index (χ0v) is 17.9. The Morgan fingerprint density at radius 2 is 1.17 bits per heavy atom. The minimum absolute atomic E-state index is 0.00729. The summed E-state index contributed by atoms with van der Waals surface area (Å²) in [4.78, 5) is 0. The minimum atomic E-state index is -0.374. The van der Waals surface area contributed by atoms with Crippen molar-refractivity contribution in [1.82, 2.24) is 0 Å². The molecule has 30 heavy (non-hydrogen) atoms. The zero-order chi connectivity index (χ0) is 21.6. The van der Waals surface area contributed by atoms with Crippen molar-refractivity contribution < 1.29 is 19.7 Å². The number of aliphatic hydroxyl groups excluding tert-OH is 2. The summed E-state index contributed by atoms with van der Waals surface area (Å²) in [5.41, 5.74) is 5.69. The fourth-order valence-electron chi connectivity index (χ4n) is 3.87. The van der Waals surface area contributed by atoms with Gasteiger partial charge in [0.05, 0.1) is 13.2 Å². The molecule has 0 heterocycles. The van der Waals surface area contributed by atoms with Gasteiger partial charge in [0.1, 0.15) is 24.7 Å². The van der Waals surface area contributed by atoms with Crippen molar-refractivity contribution >= 4 is 0 Å². The van der Waals surface area contributed by atoms with E-state index >= 15 is 0 Å². The van der Waals surface area contributed by atoms with Crippen molar-refractivity contribution in [2.45, 2.75) is 26.2 Å². The van der Waals surface area contributed by atoms with Gasteiger partial charge < -0.3 is 19.7 Å². The van der Waals surface area contributed by atoms with E-state index in [9.17, 15) is 0 Å². The molecule has 0 spiro atoms. The lowest BCUT2D eigenvalue weighted by Crippen LogP contribution is -2.26. The summed E-state index contributed by atoms with van der Waals surface area (Å²) >= 11 is 0. The maximum atomic E-state index is 8.99. The van der Waals surface area contributed by atoms with Crippen molar-refractivity contribution in [3.8, 4) is 11.5 Å². The molecular weight excluding hydrogens is 376 g/mol. The molecule has 3 aromatic carbocycles. The maximum Gasteiger partial charge on any atom is 0.119 e. The smallest absolute Gasteiger partial charge is 0.119 e. The number of aliphatic hydroxyl groups is 2. The highest BCUT2D eigenvalue weighted by atomic mass is 16.5. The van der Waals surface area contributed by atoms with E-state index in [1.807, 2.05) is 24.3 Å². The number of aryl methyl sites for hydroxylation is 1. The lowest BCUT2D eigenvalue weighted by Gasteiger charge is -2.34. The van der Waals surface area contributed by atoms with Crippen molar-refractivity contribution in [1.29, 1.82) is 0 Å². The molecule has 3 aromatic rings.